The van der Waals surface area contributed by atoms with Crippen LogP contribution in [-0.2, 0) is 6.54 Å². The molecule has 0 aliphatic rings. The van der Waals surface area contributed by atoms with Crippen LogP contribution in [0.25, 0.3) is 22.6 Å². The quantitative estimate of drug-likeness (QED) is 0.543. The number of H-pyrrole nitrogens is 1. The lowest BCUT2D eigenvalue weighted by molar-refractivity contribution is 0.784. The van der Waals surface area contributed by atoms with Gasteiger partial charge in [-0.2, -0.15) is 0 Å². The van der Waals surface area contributed by atoms with E-state index in [0.717, 1.165) is 16.7 Å². The summed E-state index contributed by atoms with van der Waals surface area (Å²) in [6.45, 7) is 2.44. The molecular weight excluding hydrogens is 369 g/mol. The van der Waals surface area contributed by atoms with Crippen LogP contribution >= 0.6 is 23.2 Å². The van der Waals surface area contributed by atoms with E-state index in [4.69, 9.17) is 33.6 Å². The summed E-state index contributed by atoms with van der Waals surface area (Å²) in [7, 11) is 0. The molecule has 0 aliphatic carbocycles. The molecule has 0 bridgehead atoms. The van der Waals surface area contributed by atoms with E-state index in [1.54, 1.807) is 18.5 Å². The van der Waals surface area contributed by atoms with Crippen LogP contribution in [0.1, 0.15) is 11.1 Å². The van der Waals surface area contributed by atoms with E-state index in [9.17, 15) is 0 Å². The Kier molecular flexibility index (Phi) is 4.26. The van der Waals surface area contributed by atoms with Crippen molar-refractivity contribution in [3.8, 4) is 11.4 Å². The van der Waals surface area contributed by atoms with Gasteiger partial charge in [0.25, 0.3) is 0 Å². The lowest BCUT2D eigenvalue weighted by Crippen LogP contribution is -2.13. The zero-order valence-electron chi connectivity index (χ0n) is 13.9. The predicted octanol–water partition coefficient (Wildman–Crippen LogP) is 4.57. The average molecular weight is 384 g/mol. The van der Waals surface area contributed by atoms with Gasteiger partial charge in [-0.1, -0.05) is 53.5 Å². The maximum absolute atomic E-state index is 8.11. The minimum atomic E-state index is 0.147. The van der Waals surface area contributed by atoms with Crippen LogP contribution in [0, 0.1) is 12.3 Å². The SMILES string of the molecule is Cc1ccccc1-c1nc2c([nH]1)c(=N)ncn2Cc1c(Cl)cccc1Cl. The minimum absolute atomic E-state index is 0.147. The molecule has 0 fully saturated rings. The number of aromatic amines is 1. The van der Waals surface area contributed by atoms with Gasteiger partial charge in [0.15, 0.2) is 11.1 Å². The molecule has 0 atom stereocenters. The molecule has 130 valence electrons. The van der Waals surface area contributed by atoms with Crippen molar-refractivity contribution in [1.29, 1.82) is 5.41 Å². The molecule has 7 heteroatoms. The number of aromatic nitrogens is 4. The highest BCUT2D eigenvalue weighted by Crippen LogP contribution is 2.27. The lowest BCUT2D eigenvalue weighted by Gasteiger charge is -2.10. The number of imidazole rings is 1. The number of nitrogens with one attached hydrogen (secondary N) is 2. The third-order valence-corrected chi connectivity index (χ3v) is 5.02. The van der Waals surface area contributed by atoms with Gasteiger partial charge in [-0.05, 0) is 24.6 Å². The summed E-state index contributed by atoms with van der Waals surface area (Å²) in [6, 6.07) is 13.4. The number of fused-ring (bicyclic) bond motifs is 1. The largest absolute Gasteiger partial charge is 0.334 e. The van der Waals surface area contributed by atoms with Crippen LogP contribution in [0.5, 0.6) is 0 Å². The Bertz CT molecular complexity index is 1160. The molecule has 4 rings (SSSR count). The molecule has 0 spiro atoms. The first-order valence-corrected chi connectivity index (χ1v) is 8.79. The number of rotatable bonds is 3. The topological polar surface area (TPSA) is 70.3 Å². The summed E-state index contributed by atoms with van der Waals surface area (Å²) < 4.78 is 1.85. The van der Waals surface area contributed by atoms with E-state index < -0.39 is 0 Å². The van der Waals surface area contributed by atoms with Crippen LogP contribution in [0.2, 0.25) is 10.0 Å². The first kappa shape index (κ1) is 16.8. The van der Waals surface area contributed by atoms with Gasteiger partial charge < -0.3 is 9.55 Å². The number of hydrogen-bond acceptors (Lipinski definition) is 3. The van der Waals surface area contributed by atoms with Crippen molar-refractivity contribution < 1.29 is 0 Å². The molecule has 4 aromatic rings. The van der Waals surface area contributed by atoms with Crippen molar-refractivity contribution in [3.63, 3.8) is 0 Å². The zero-order chi connectivity index (χ0) is 18.3. The molecule has 2 aromatic heterocycles. The van der Waals surface area contributed by atoms with E-state index in [2.05, 4.69) is 9.97 Å². The first-order chi connectivity index (χ1) is 12.5. The van der Waals surface area contributed by atoms with E-state index in [1.165, 1.54) is 0 Å². The Balaban J connectivity index is 1.88. The Morgan fingerprint density at radius 3 is 2.54 bits per heavy atom. The normalized spacial score (nSPS) is 11.2. The third kappa shape index (κ3) is 2.89. The fraction of sp³-hybridized carbons (Fsp3) is 0.105. The maximum Gasteiger partial charge on any atom is 0.173 e. The summed E-state index contributed by atoms with van der Waals surface area (Å²) in [5, 5.41) is 9.28. The summed E-state index contributed by atoms with van der Waals surface area (Å²) in [5.41, 5.74) is 4.25. The Labute approximate surface area is 159 Å². The second-order valence-electron chi connectivity index (χ2n) is 6.02. The number of nitrogens with zero attached hydrogens (tertiary/aromatic N) is 3. The van der Waals surface area contributed by atoms with Gasteiger partial charge in [0.2, 0.25) is 0 Å². The molecule has 2 N–H and O–H groups in total. The van der Waals surface area contributed by atoms with Gasteiger partial charge in [-0.25, -0.2) is 9.97 Å². The number of hydrogen-bond donors (Lipinski definition) is 2. The summed E-state index contributed by atoms with van der Waals surface area (Å²) >= 11 is 12.6. The highest BCUT2D eigenvalue weighted by molar-refractivity contribution is 6.36. The van der Waals surface area contributed by atoms with E-state index in [-0.39, 0.29) is 5.49 Å². The fourth-order valence-electron chi connectivity index (χ4n) is 2.92. The monoisotopic (exact) mass is 383 g/mol. The van der Waals surface area contributed by atoms with Crippen molar-refractivity contribution in [2.24, 2.45) is 0 Å². The third-order valence-electron chi connectivity index (χ3n) is 4.31. The number of halogens is 2. The Hall–Kier alpha value is -2.63. The van der Waals surface area contributed by atoms with Crippen molar-refractivity contribution in [1.82, 2.24) is 19.5 Å². The van der Waals surface area contributed by atoms with Crippen LogP contribution in [-0.4, -0.2) is 19.5 Å². The molecular formula is C19H15Cl2N5. The van der Waals surface area contributed by atoms with Gasteiger partial charge in [0.1, 0.15) is 11.3 Å². The predicted molar refractivity (Wildman–Crippen MR) is 103 cm³/mol. The van der Waals surface area contributed by atoms with Gasteiger partial charge in [0.05, 0.1) is 12.9 Å². The molecule has 0 saturated heterocycles. The second kappa shape index (κ2) is 6.59. The first-order valence-electron chi connectivity index (χ1n) is 8.03. The zero-order valence-corrected chi connectivity index (χ0v) is 15.4. The van der Waals surface area contributed by atoms with Crippen LogP contribution in [0.15, 0.2) is 48.8 Å². The standard InChI is InChI=1S/C19H15Cl2N5/c1-11-5-2-3-6-12(11)18-24-16-17(22)23-10-26(19(16)25-18)9-13-14(20)7-4-8-15(13)21/h2-8,10,22H,9H2,1H3,(H,24,25). The summed E-state index contributed by atoms with van der Waals surface area (Å²) in [5.74, 6) is 0.707. The molecule has 0 unspecified atom stereocenters. The molecule has 2 heterocycles. The van der Waals surface area contributed by atoms with Gasteiger partial charge in [-0.15, -0.1) is 0 Å². The molecule has 0 aliphatic heterocycles. The summed E-state index contributed by atoms with van der Waals surface area (Å²) in [4.78, 5) is 12.1. The molecule has 0 radical (unpaired) electrons. The summed E-state index contributed by atoms with van der Waals surface area (Å²) in [6.07, 6.45) is 1.59. The highest BCUT2D eigenvalue weighted by Gasteiger charge is 2.14. The second-order valence-corrected chi connectivity index (χ2v) is 6.83. The maximum atomic E-state index is 8.11. The van der Waals surface area contributed by atoms with Crippen molar-refractivity contribution in [2.75, 3.05) is 0 Å². The number of aryl methyl sites for hydroxylation is 1. The Morgan fingerprint density at radius 1 is 1.08 bits per heavy atom. The smallest absolute Gasteiger partial charge is 0.173 e. The molecule has 0 saturated carbocycles. The van der Waals surface area contributed by atoms with E-state index >= 15 is 0 Å². The minimum Gasteiger partial charge on any atom is -0.334 e. The molecule has 2 aromatic carbocycles. The average Bonchev–Trinajstić information content (AvgIpc) is 3.07. The van der Waals surface area contributed by atoms with Crippen LogP contribution in [0.3, 0.4) is 0 Å². The van der Waals surface area contributed by atoms with Crippen molar-refractivity contribution >= 4 is 34.4 Å². The van der Waals surface area contributed by atoms with Crippen molar-refractivity contribution in [2.45, 2.75) is 13.5 Å². The van der Waals surface area contributed by atoms with E-state index in [1.807, 2.05) is 41.8 Å². The van der Waals surface area contributed by atoms with Crippen LogP contribution < -0.4 is 5.49 Å². The Morgan fingerprint density at radius 2 is 1.81 bits per heavy atom. The van der Waals surface area contributed by atoms with Crippen LogP contribution in [0.4, 0.5) is 0 Å². The van der Waals surface area contributed by atoms with Gasteiger partial charge in [-0.3, -0.25) is 5.41 Å². The van der Waals surface area contributed by atoms with E-state index in [0.29, 0.717) is 33.6 Å². The van der Waals surface area contributed by atoms with Gasteiger partial charge in [0, 0.05) is 21.2 Å². The number of benzene rings is 2. The van der Waals surface area contributed by atoms with Crippen molar-refractivity contribution in [3.05, 3.63) is 75.5 Å². The molecule has 0 amide bonds. The van der Waals surface area contributed by atoms with Gasteiger partial charge >= 0.3 is 0 Å². The highest BCUT2D eigenvalue weighted by atomic mass is 35.5. The molecule has 5 nitrogen and oxygen atoms in total. The molecule has 26 heavy (non-hydrogen) atoms. The fourth-order valence-corrected chi connectivity index (χ4v) is 3.44. The lowest BCUT2D eigenvalue weighted by atomic mass is 10.1.